The zero-order chi connectivity index (χ0) is 8.72. The van der Waals surface area contributed by atoms with Crippen LogP contribution in [0.25, 0.3) is 0 Å². The molecule has 0 amide bonds. The molecule has 1 aromatic rings. The van der Waals surface area contributed by atoms with Gasteiger partial charge < -0.3 is 9.88 Å². The summed E-state index contributed by atoms with van der Waals surface area (Å²) in [5.41, 5.74) is 2.96. The van der Waals surface area contributed by atoms with Crippen molar-refractivity contribution >= 4 is 0 Å². The number of quaternary nitrogens is 1. The van der Waals surface area contributed by atoms with Crippen molar-refractivity contribution in [3.05, 3.63) is 23.5 Å². The lowest BCUT2D eigenvalue weighted by Crippen LogP contribution is -3.10. The van der Waals surface area contributed by atoms with E-state index < -0.39 is 0 Å². The van der Waals surface area contributed by atoms with E-state index in [0.717, 1.165) is 0 Å². The average Bonchev–Trinajstić information content (AvgIpc) is 2.48. The molecule has 1 aliphatic rings. The zero-order valence-corrected chi connectivity index (χ0v) is 8.02. The van der Waals surface area contributed by atoms with Crippen molar-refractivity contribution in [1.29, 1.82) is 0 Å². The SMILES string of the molecule is C[C@@H]1c2cc[nH]c2[C@@H](C)C[NH+]1C. The summed E-state index contributed by atoms with van der Waals surface area (Å²) in [7, 11) is 2.27. The van der Waals surface area contributed by atoms with Crippen molar-refractivity contribution in [3.63, 3.8) is 0 Å². The van der Waals surface area contributed by atoms with Gasteiger partial charge in [-0.3, -0.25) is 0 Å². The predicted octanol–water partition coefficient (Wildman–Crippen LogP) is 0.707. The molecular formula is C10H17N2+. The Balaban J connectivity index is 2.43. The largest absolute Gasteiger partial charge is 0.364 e. The Hall–Kier alpha value is -0.760. The first kappa shape index (κ1) is 7.87. The molecule has 0 fully saturated rings. The summed E-state index contributed by atoms with van der Waals surface area (Å²) in [5.74, 6) is 0.686. The molecule has 2 heteroatoms. The lowest BCUT2D eigenvalue weighted by Gasteiger charge is -2.30. The van der Waals surface area contributed by atoms with Gasteiger partial charge in [0.25, 0.3) is 0 Å². The van der Waals surface area contributed by atoms with E-state index in [1.807, 2.05) is 0 Å². The second-order valence-electron chi connectivity index (χ2n) is 4.02. The van der Waals surface area contributed by atoms with Crippen LogP contribution in [0.5, 0.6) is 0 Å². The standard InChI is InChI=1S/C10H16N2/c1-7-6-12(3)8(2)9-4-5-11-10(7)9/h4-5,7-8,11H,6H2,1-3H3/p+1/t7-,8+/m0/s1. The Labute approximate surface area is 73.6 Å². The molecule has 2 rings (SSSR count). The Morgan fingerprint density at radius 1 is 1.50 bits per heavy atom. The van der Waals surface area contributed by atoms with Crippen LogP contribution in [0.1, 0.15) is 37.1 Å². The van der Waals surface area contributed by atoms with Crippen LogP contribution in [-0.4, -0.2) is 18.6 Å². The van der Waals surface area contributed by atoms with E-state index in [2.05, 4.69) is 38.1 Å². The second kappa shape index (κ2) is 2.63. The van der Waals surface area contributed by atoms with Crippen molar-refractivity contribution in [3.8, 4) is 0 Å². The number of nitrogens with one attached hydrogen (secondary N) is 2. The third-order valence-corrected chi connectivity index (χ3v) is 3.14. The molecule has 1 unspecified atom stereocenters. The van der Waals surface area contributed by atoms with Crippen molar-refractivity contribution in [1.82, 2.24) is 4.98 Å². The second-order valence-corrected chi connectivity index (χ2v) is 4.02. The Morgan fingerprint density at radius 2 is 2.25 bits per heavy atom. The molecule has 2 N–H and O–H groups in total. The van der Waals surface area contributed by atoms with E-state index in [1.54, 1.807) is 4.90 Å². The summed E-state index contributed by atoms with van der Waals surface area (Å²) in [5, 5.41) is 0. The lowest BCUT2D eigenvalue weighted by molar-refractivity contribution is -0.914. The first-order valence-corrected chi connectivity index (χ1v) is 4.69. The molecular weight excluding hydrogens is 148 g/mol. The minimum atomic E-state index is 0.655. The predicted molar refractivity (Wildman–Crippen MR) is 49.4 cm³/mol. The molecule has 0 aliphatic carbocycles. The Morgan fingerprint density at radius 3 is 3.00 bits per heavy atom. The monoisotopic (exact) mass is 165 g/mol. The molecule has 0 radical (unpaired) electrons. The fraction of sp³-hybridized carbons (Fsp3) is 0.600. The summed E-state index contributed by atoms with van der Waals surface area (Å²) in [4.78, 5) is 4.96. The highest BCUT2D eigenvalue weighted by Crippen LogP contribution is 2.24. The van der Waals surface area contributed by atoms with Crippen LogP contribution in [0.3, 0.4) is 0 Å². The third-order valence-electron chi connectivity index (χ3n) is 3.14. The fourth-order valence-corrected chi connectivity index (χ4v) is 2.23. The van der Waals surface area contributed by atoms with Gasteiger partial charge in [-0.25, -0.2) is 0 Å². The van der Waals surface area contributed by atoms with Gasteiger partial charge in [-0.15, -0.1) is 0 Å². The van der Waals surface area contributed by atoms with Crippen molar-refractivity contribution in [2.24, 2.45) is 0 Å². The van der Waals surface area contributed by atoms with Crippen LogP contribution in [0.15, 0.2) is 12.3 Å². The summed E-state index contributed by atoms with van der Waals surface area (Å²) in [6, 6.07) is 2.88. The molecule has 2 nitrogen and oxygen atoms in total. The van der Waals surface area contributed by atoms with Gasteiger partial charge in [0.15, 0.2) is 0 Å². The molecule has 2 heterocycles. The van der Waals surface area contributed by atoms with E-state index in [1.165, 1.54) is 17.8 Å². The zero-order valence-electron chi connectivity index (χ0n) is 8.02. The maximum absolute atomic E-state index is 3.34. The van der Waals surface area contributed by atoms with Crippen LogP contribution in [0, 0.1) is 0 Å². The van der Waals surface area contributed by atoms with Crippen molar-refractivity contribution in [2.75, 3.05) is 13.6 Å². The van der Waals surface area contributed by atoms with Crippen LogP contribution < -0.4 is 4.90 Å². The number of rotatable bonds is 0. The van der Waals surface area contributed by atoms with Gasteiger partial charge in [0, 0.05) is 23.4 Å². The molecule has 3 atom stereocenters. The van der Waals surface area contributed by atoms with Gasteiger partial charge in [-0.1, -0.05) is 6.92 Å². The van der Waals surface area contributed by atoms with Gasteiger partial charge >= 0.3 is 0 Å². The summed E-state index contributed by atoms with van der Waals surface area (Å²) in [6.07, 6.45) is 2.07. The number of hydrogen-bond donors (Lipinski definition) is 2. The number of H-pyrrole nitrogens is 1. The van der Waals surface area contributed by atoms with Gasteiger partial charge in [0.1, 0.15) is 6.04 Å². The van der Waals surface area contributed by atoms with E-state index in [4.69, 9.17) is 0 Å². The summed E-state index contributed by atoms with van der Waals surface area (Å²) < 4.78 is 0. The fourth-order valence-electron chi connectivity index (χ4n) is 2.23. The van der Waals surface area contributed by atoms with Gasteiger partial charge in [-0.2, -0.15) is 0 Å². The summed E-state index contributed by atoms with van der Waals surface area (Å²) >= 11 is 0. The lowest BCUT2D eigenvalue weighted by atomic mass is 9.94. The van der Waals surface area contributed by atoms with Crippen LogP contribution in [0.2, 0.25) is 0 Å². The van der Waals surface area contributed by atoms with E-state index >= 15 is 0 Å². The molecule has 0 saturated heterocycles. The smallest absolute Gasteiger partial charge is 0.112 e. The van der Waals surface area contributed by atoms with Gasteiger partial charge in [-0.05, 0) is 13.0 Å². The molecule has 66 valence electrons. The molecule has 0 aromatic carbocycles. The van der Waals surface area contributed by atoms with Crippen LogP contribution in [-0.2, 0) is 0 Å². The van der Waals surface area contributed by atoms with Crippen LogP contribution >= 0.6 is 0 Å². The average molecular weight is 165 g/mol. The maximum atomic E-state index is 3.34. The third kappa shape index (κ3) is 0.985. The highest BCUT2D eigenvalue weighted by molar-refractivity contribution is 5.27. The van der Waals surface area contributed by atoms with Gasteiger partial charge in [0.05, 0.1) is 13.6 Å². The number of hydrogen-bond acceptors (Lipinski definition) is 0. The normalized spacial score (nSPS) is 34.8. The molecule has 1 aliphatic heterocycles. The molecule has 0 spiro atoms. The quantitative estimate of drug-likeness (QED) is 0.564. The van der Waals surface area contributed by atoms with E-state index in [0.29, 0.717) is 12.0 Å². The molecule has 0 bridgehead atoms. The topological polar surface area (TPSA) is 20.2 Å². The van der Waals surface area contributed by atoms with Gasteiger partial charge in [0.2, 0.25) is 0 Å². The number of aromatic nitrogens is 1. The minimum absolute atomic E-state index is 0.655. The highest BCUT2D eigenvalue weighted by Gasteiger charge is 2.29. The number of fused-ring (bicyclic) bond motifs is 1. The summed E-state index contributed by atoms with van der Waals surface area (Å²) in [6.45, 7) is 5.84. The Bertz CT molecular complexity index is 277. The first-order valence-electron chi connectivity index (χ1n) is 4.69. The number of aromatic amines is 1. The molecule has 12 heavy (non-hydrogen) atoms. The van der Waals surface area contributed by atoms with E-state index in [-0.39, 0.29) is 0 Å². The highest BCUT2D eigenvalue weighted by atomic mass is 15.1. The number of likely N-dealkylation sites (N-methyl/N-ethyl adjacent to an activating group) is 1. The molecule has 1 aromatic heterocycles. The molecule has 0 saturated carbocycles. The van der Waals surface area contributed by atoms with Crippen LogP contribution in [0.4, 0.5) is 0 Å². The Kier molecular flexibility index (Phi) is 1.72. The van der Waals surface area contributed by atoms with Crippen molar-refractivity contribution < 1.29 is 4.90 Å². The first-order chi connectivity index (χ1) is 5.70. The minimum Gasteiger partial charge on any atom is -0.364 e. The maximum Gasteiger partial charge on any atom is 0.112 e. The van der Waals surface area contributed by atoms with E-state index in [9.17, 15) is 0 Å². The van der Waals surface area contributed by atoms with Crippen molar-refractivity contribution in [2.45, 2.75) is 25.8 Å².